The average Bonchev–Trinajstić information content (AvgIpc) is 3.23. The van der Waals surface area contributed by atoms with Crippen LogP contribution in [0.3, 0.4) is 0 Å². The van der Waals surface area contributed by atoms with Crippen LogP contribution in [0, 0.1) is 5.41 Å². The number of rotatable bonds is 2. The Morgan fingerprint density at radius 2 is 2.12 bits per heavy atom. The van der Waals surface area contributed by atoms with Crippen LogP contribution in [-0.2, 0) is 11.3 Å². The standard InChI is InChI=1S/C17H21ClN2O4/c18-13-7-12(8-14-15(13)24-6-5-23-14)9-19-16(21)20-3-1-17(10-20)2-4-22-11-17/h7-8H,1-6,9-11H2,(H,19,21). The highest BCUT2D eigenvalue weighted by molar-refractivity contribution is 6.32. The molecule has 7 heteroatoms. The second-order valence-corrected chi connectivity index (χ2v) is 7.14. The Labute approximate surface area is 146 Å². The number of carbonyl (C=O) groups excluding carboxylic acids is 1. The van der Waals surface area contributed by atoms with Crippen molar-refractivity contribution in [3.8, 4) is 11.5 Å². The molecular formula is C17H21ClN2O4. The van der Waals surface area contributed by atoms with E-state index in [1.54, 1.807) is 0 Å². The van der Waals surface area contributed by atoms with Gasteiger partial charge in [0, 0.05) is 31.7 Å². The van der Waals surface area contributed by atoms with Crippen LogP contribution >= 0.6 is 11.6 Å². The Morgan fingerprint density at radius 3 is 2.96 bits per heavy atom. The molecule has 1 atom stereocenters. The Kier molecular flexibility index (Phi) is 4.18. The van der Waals surface area contributed by atoms with E-state index in [9.17, 15) is 4.79 Å². The van der Waals surface area contributed by atoms with Gasteiger partial charge in [-0.3, -0.25) is 0 Å². The van der Waals surface area contributed by atoms with Gasteiger partial charge in [0.2, 0.25) is 0 Å². The number of nitrogens with zero attached hydrogens (tertiary/aromatic N) is 1. The first kappa shape index (κ1) is 15.8. The predicted octanol–water partition coefficient (Wildman–Crippen LogP) is 2.43. The molecule has 1 spiro atoms. The van der Waals surface area contributed by atoms with Gasteiger partial charge in [-0.15, -0.1) is 0 Å². The molecule has 0 bridgehead atoms. The summed E-state index contributed by atoms with van der Waals surface area (Å²) in [6, 6.07) is 3.65. The van der Waals surface area contributed by atoms with Crippen molar-refractivity contribution in [1.29, 1.82) is 0 Å². The van der Waals surface area contributed by atoms with Crippen LogP contribution in [-0.4, -0.2) is 50.4 Å². The van der Waals surface area contributed by atoms with Crippen molar-refractivity contribution in [1.82, 2.24) is 10.2 Å². The Bertz CT molecular complexity index is 646. The first-order chi connectivity index (χ1) is 11.7. The van der Waals surface area contributed by atoms with Crippen molar-refractivity contribution in [2.75, 3.05) is 39.5 Å². The van der Waals surface area contributed by atoms with Crippen LogP contribution < -0.4 is 14.8 Å². The predicted molar refractivity (Wildman–Crippen MR) is 88.7 cm³/mol. The molecule has 130 valence electrons. The van der Waals surface area contributed by atoms with Crippen molar-refractivity contribution in [2.24, 2.45) is 5.41 Å². The van der Waals surface area contributed by atoms with Gasteiger partial charge >= 0.3 is 6.03 Å². The lowest BCUT2D eigenvalue weighted by Gasteiger charge is -2.23. The second-order valence-electron chi connectivity index (χ2n) is 6.73. The summed E-state index contributed by atoms with van der Waals surface area (Å²) >= 11 is 6.23. The summed E-state index contributed by atoms with van der Waals surface area (Å²) in [7, 11) is 0. The first-order valence-corrected chi connectivity index (χ1v) is 8.72. The summed E-state index contributed by atoms with van der Waals surface area (Å²) < 4.78 is 16.6. The maximum Gasteiger partial charge on any atom is 0.317 e. The molecule has 1 N–H and O–H groups in total. The maximum absolute atomic E-state index is 12.4. The zero-order chi connectivity index (χ0) is 16.6. The molecule has 2 amide bonds. The van der Waals surface area contributed by atoms with Crippen molar-refractivity contribution < 1.29 is 19.0 Å². The molecule has 1 aromatic rings. The number of hydrogen-bond donors (Lipinski definition) is 1. The molecule has 3 aliphatic heterocycles. The first-order valence-electron chi connectivity index (χ1n) is 8.34. The second kappa shape index (κ2) is 6.33. The molecule has 24 heavy (non-hydrogen) atoms. The number of hydrogen-bond acceptors (Lipinski definition) is 4. The summed E-state index contributed by atoms with van der Waals surface area (Å²) in [5.41, 5.74) is 1.08. The number of likely N-dealkylation sites (tertiary alicyclic amines) is 1. The SMILES string of the molecule is O=C(NCc1cc(Cl)c2c(c1)OCCO2)N1CCC2(CCOC2)C1. The smallest absolute Gasteiger partial charge is 0.317 e. The lowest BCUT2D eigenvalue weighted by molar-refractivity contribution is 0.152. The van der Waals surface area contributed by atoms with Crippen molar-refractivity contribution in [2.45, 2.75) is 19.4 Å². The molecule has 0 aliphatic carbocycles. The Balaban J connectivity index is 1.37. The number of nitrogens with one attached hydrogen (secondary N) is 1. The molecule has 3 aliphatic rings. The quantitative estimate of drug-likeness (QED) is 0.888. The molecule has 2 saturated heterocycles. The number of carbonyl (C=O) groups is 1. The van der Waals surface area contributed by atoms with Gasteiger partial charge < -0.3 is 24.4 Å². The minimum Gasteiger partial charge on any atom is -0.486 e. The fourth-order valence-corrected chi connectivity index (χ4v) is 3.92. The zero-order valence-electron chi connectivity index (χ0n) is 13.5. The van der Waals surface area contributed by atoms with Crippen LogP contribution in [0.1, 0.15) is 18.4 Å². The molecule has 0 radical (unpaired) electrons. The number of halogens is 1. The molecule has 0 saturated carbocycles. The summed E-state index contributed by atoms with van der Waals surface area (Å²) in [6.45, 7) is 4.58. The van der Waals surface area contributed by atoms with E-state index in [0.717, 1.165) is 44.7 Å². The number of ether oxygens (including phenoxy) is 3. The van der Waals surface area contributed by atoms with Gasteiger partial charge in [0.05, 0.1) is 11.6 Å². The van der Waals surface area contributed by atoms with E-state index in [4.69, 9.17) is 25.8 Å². The largest absolute Gasteiger partial charge is 0.486 e. The van der Waals surface area contributed by atoms with Crippen LogP contribution in [0.4, 0.5) is 4.79 Å². The van der Waals surface area contributed by atoms with E-state index < -0.39 is 0 Å². The summed E-state index contributed by atoms with van der Waals surface area (Å²) in [5, 5.41) is 3.49. The average molecular weight is 353 g/mol. The van der Waals surface area contributed by atoms with Gasteiger partial charge in [-0.1, -0.05) is 11.6 Å². The molecule has 0 aromatic heterocycles. The molecule has 1 aromatic carbocycles. The third-order valence-electron chi connectivity index (χ3n) is 5.01. The summed E-state index contributed by atoms with van der Waals surface area (Å²) in [4.78, 5) is 14.3. The van der Waals surface area contributed by atoms with Gasteiger partial charge in [0.25, 0.3) is 0 Å². The summed E-state index contributed by atoms with van der Waals surface area (Å²) in [6.07, 6.45) is 2.07. The maximum atomic E-state index is 12.4. The van der Waals surface area contributed by atoms with E-state index in [2.05, 4.69) is 5.32 Å². The number of fused-ring (bicyclic) bond motifs is 1. The van der Waals surface area contributed by atoms with Gasteiger partial charge in [-0.05, 0) is 30.5 Å². The summed E-state index contributed by atoms with van der Waals surface area (Å²) in [5.74, 6) is 1.22. The fourth-order valence-electron chi connectivity index (χ4n) is 3.64. The van der Waals surface area contributed by atoms with E-state index >= 15 is 0 Å². The zero-order valence-corrected chi connectivity index (χ0v) is 14.2. The molecule has 3 heterocycles. The Hall–Kier alpha value is -1.66. The third kappa shape index (κ3) is 3.00. The third-order valence-corrected chi connectivity index (χ3v) is 5.29. The fraction of sp³-hybridized carbons (Fsp3) is 0.588. The van der Waals surface area contributed by atoms with E-state index in [-0.39, 0.29) is 11.4 Å². The van der Waals surface area contributed by atoms with Crippen molar-refractivity contribution >= 4 is 17.6 Å². The highest BCUT2D eigenvalue weighted by Gasteiger charge is 2.42. The number of amides is 2. The van der Waals surface area contributed by atoms with Crippen molar-refractivity contribution in [3.63, 3.8) is 0 Å². The Morgan fingerprint density at radius 1 is 1.25 bits per heavy atom. The highest BCUT2D eigenvalue weighted by atomic mass is 35.5. The van der Waals surface area contributed by atoms with E-state index in [1.807, 2.05) is 17.0 Å². The number of benzene rings is 1. The lowest BCUT2D eigenvalue weighted by Crippen LogP contribution is -2.39. The van der Waals surface area contributed by atoms with Gasteiger partial charge in [-0.25, -0.2) is 4.79 Å². The van der Waals surface area contributed by atoms with Crippen LogP contribution in [0.15, 0.2) is 12.1 Å². The molecule has 4 rings (SSSR count). The molecule has 6 nitrogen and oxygen atoms in total. The number of urea groups is 1. The molecule has 2 fully saturated rings. The van der Waals surface area contributed by atoms with E-state index in [1.165, 1.54) is 0 Å². The van der Waals surface area contributed by atoms with Gasteiger partial charge in [0.1, 0.15) is 13.2 Å². The molecular weight excluding hydrogens is 332 g/mol. The lowest BCUT2D eigenvalue weighted by atomic mass is 9.87. The van der Waals surface area contributed by atoms with Gasteiger partial charge in [0.15, 0.2) is 11.5 Å². The van der Waals surface area contributed by atoms with E-state index in [0.29, 0.717) is 36.3 Å². The van der Waals surface area contributed by atoms with Gasteiger partial charge in [-0.2, -0.15) is 0 Å². The van der Waals surface area contributed by atoms with Crippen LogP contribution in [0.5, 0.6) is 11.5 Å². The molecule has 1 unspecified atom stereocenters. The minimum atomic E-state index is -0.0372. The highest BCUT2D eigenvalue weighted by Crippen LogP contribution is 2.39. The normalized spacial score (nSPS) is 25.3. The minimum absolute atomic E-state index is 0.0372. The topological polar surface area (TPSA) is 60.0 Å². The van der Waals surface area contributed by atoms with Crippen molar-refractivity contribution in [3.05, 3.63) is 22.7 Å². The monoisotopic (exact) mass is 352 g/mol. The van der Waals surface area contributed by atoms with Crippen LogP contribution in [0.2, 0.25) is 5.02 Å². The van der Waals surface area contributed by atoms with Crippen LogP contribution in [0.25, 0.3) is 0 Å².